The summed E-state index contributed by atoms with van der Waals surface area (Å²) >= 11 is 3.21. The van der Waals surface area contributed by atoms with Crippen LogP contribution in [0.5, 0.6) is 11.5 Å². The molecule has 2 aromatic rings. The minimum Gasteiger partial charge on any atom is -0.448 e. The number of benzene rings is 1. The molecule has 1 aromatic heterocycles. The zero-order chi connectivity index (χ0) is 15.2. The molecule has 110 valence electrons. The van der Waals surface area contributed by atoms with Crippen LogP contribution in [-0.4, -0.2) is 16.5 Å². The lowest BCUT2D eigenvalue weighted by atomic mass is 10.2. The molecule has 6 nitrogen and oxygen atoms in total. The minimum absolute atomic E-state index is 0.0959. The summed E-state index contributed by atoms with van der Waals surface area (Å²) < 4.78 is 6.22. The topological polar surface area (TPSA) is 77.3 Å². The maximum atomic E-state index is 11.1. The van der Waals surface area contributed by atoms with Crippen molar-refractivity contribution in [3.05, 3.63) is 56.8 Å². The van der Waals surface area contributed by atoms with Crippen LogP contribution in [0.3, 0.4) is 0 Å². The van der Waals surface area contributed by atoms with E-state index in [-0.39, 0.29) is 11.4 Å². The van der Waals surface area contributed by atoms with Gasteiger partial charge in [-0.05, 0) is 30.3 Å². The smallest absolute Gasteiger partial charge is 0.312 e. The predicted octanol–water partition coefficient (Wildman–Crippen LogP) is 3.65. The third-order valence-corrected chi connectivity index (χ3v) is 3.19. The number of nitro groups is 1. The van der Waals surface area contributed by atoms with Crippen LogP contribution in [0.2, 0.25) is 0 Å². The number of hydrogen-bond donors (Lipinski definition) is 1. The van der Waals surface area contributed by atoms with Crippen molar-refractivity contribution in [3.63, 3.8) is 0 Å². The number of nitrogens with one attached hydrogen (secondary N) is 1. The minimum atomic E-state index is -0.476. The first-order valence-electron chi connectivity index (χ1n) is 6.36. The second-order valence-corrected chi connectivity index (χ2v) is 5.20. The molecule has 1 N–H and O–H groups in total. The highest BCUT2D eigenvalue weighted by Gasteiger charge is 2.16. The Morgan fingerprint density at radius 1 is 1.38 bits per heavy atom. The van der Waals surface area contributed by atoms with Gasteiger partial charge in [-0.25, -0.2) is 0 Å². The molecule has 0 spiro atoms. The van der Waals surface area contributed by atoms with Gasteiger partial charge in [0.05, 0.1) is 11.1 Å². The molecule has 0 bridgehead atoms. The summed E-state index contributed by atoms with van der Waals surface area (Å²) in [6.45, 7) is 3.53. The fourth-order valence-corrected chi connectivity index (χ4v) is 2.08. The van der Waals surface area contributed by atoms with Crippen LogP contribution < -0.4 is 10.1 Å². The van der Waals surface area contributed by atoms with Gasteiger partial charge in [0, 0.05) is 23.3 Å². The maximum absolute atomic E-state index is 11.1. The average molecular weight is 352 g/mol. The fourth-order valence-electron chi connectivity index (χ4n) is 1.73. The largest absolute Gasteiger partial charge is 0.448 e. The van der Waals surface area contributed by atoms with Gasteiger partial charge in [-0.3, -0.25) is 15.1 Å². The number of halogens is 1. The molecular formula is C14H14BrN3O3. The van der Waals surface area contributed by atoms with Gasteiger partial charge in [-0.15, -0.1) is 0 Å². The quantitative estimate of drug-likeness (QED) is 0.634. The van der Waals surface area contributed by atoms with Crippen LogP contribution in [0.1, 0.15) is 12.5 Å². The van der Waals surface area contributed by atoms with E-state index in [1.54, 1.807) is 24.4 Å². The van der Waals surface area contributed by atoms with Gasteiger partial charge < -0.3 is 10.1 Å². The van der Waals surface area contributed by atoms with Crippen molar-refractivity contribution in [2.24, 2.45) is 0 Å². The van der Waals surface area contributed by atoms with Gasteiger partial charge in [0.2, 0.25) is 5.75 Å². The molecule has 2 rings (SSSR count). The second kappa shape index (κ2) is 7.14. The van der Waals surface area contributed by atoms with Crippen LogP contribution in [0.25, 0.3) is 0 Å². The SMILES string of the molecule is CCNCc1cncc(Oc2ccc(Br)cc2[N+](=O)[O-])c1. The molecule has 0 aliphatic carbocycles. The summed E-state index contributed by atoms with van der Waals surface area (Å²) in [6.07, 6.45) is 3.26. The summed E-state index contributed by atoms with van der Waals surface area (Å²) in [7, 11) is 0. The lowest BCUT2D eigenvalue weighted by molar-refractivity contribution is -0.385. The van der Waals surface area contributed by atoms with E-state index >= 15 is 0 Å². The van der Waals surface area contributed by atoms with Crippen molar-refractivity contribution in [2.45, 2.75) is 13.5 Å². The second-order valence-electron chi connectivity index (χ2n) is 4.28. The Morgan fingerprint density at radius 3 is 2.90 bits per heavy atom. The van der Waals surface area contributed by atoms with Crippen LogP contribution >= 0.6 is 15.9 Å². The summed E-state index contributed by atoms with van der Waals surface area (Å²) in [4.78, 5) is 14.7. The van der Waals surface area contributed by atoms with Crippen LogP contribution in [0.4, 0.5) is 5.69 Å². The molecule has 1 heterocycles. The highest BCUT2D eigenvalue weighted by atomic mass is 79.9. The standard InChI is InChI=1S/C14H14BrN3O3/c1-2-16-7-10-5-12(9-17-8-10)21-14-4-3-11(15)6-13(14)18(19)20/h3-6,8-9,16H,2,7H2,1H3. The van der Waals surface area contributed by atoms with E-state index in [0.717, 1.165) is 12.1 Å². The van der Waals surface area contributed by atoms with Gasteiger partial charge in [0.25, 0.3) is 0 Å². The van der Waals surface area contributed by atoms with E-state index in [9.17, 15) is 10.1 Å². The van der Waals surface area contributed by atoms with Crippen molar-refractivity contribution in [1.29, 1.82) is 0 Å². The van der Waals surface area contributed by atoms with Gasteiger partial charge >= 0.3 is 5.69 Å². The van der Waals surface area contributed by atoms with E-state index in [2.05, 4.69) is 26.2 Å². The Bertz CT molecular complexity index is 649. The Kier molecular flexibility index (Phi) is 5.24. The van der Waals surface area contributed by atoms with Gasteiger partial charge in [-0.2, -0.15) is 0 Å². The number of aromatic nitrogens is 1. The zero-order valence-corrected chi connectivity index (χ0v) is 13.0. The van der Waals surface area contributed by atoms with E-state index in [1.165, 1.54) is 12.3 Å². The van der Waals surface area contributed by atoms with Crippen molar-refractivity contribution in [2.75, 3.05) is 6.54 Å². The van der Waals surface area contributed by atoms with E-state index < -0.39 is 4.92 Å². The van der Waals surface area contributed by atoms with Gasteiger partial charge in [0.1, 0.15) is 5.75 Å². The average Bonchev–Trinajstić information content (AvgIpc) is 2.47. The Morgan fingerprint density at radius 2 is 2.19 bits per heavy atom. The molecule has 21 heavy (non-hydrogen) atoms. The highest BCUT2D eigenvalue weighted by molar-refractivity contribution is 9.10. The number of nitrogens with zero attached hydrogens (tertiary/aromatic N) is 2. The van der Waals surface area contributed by atoms with Crippen molar-refractivity contribution < 1.29 is 9.66 Å². The number of hydrogen-bond acceptors (Lipinski definition) is 5. The number of pyridine rings is 1. The number of nitro benzene ring substituents is 1. The molecule has 0 saturated carbocycles. The lowest BCUT2D eigenvalue weighted by Crippen LogP contribution is -2.11. The maximum Gasteiger partial charge on any atom is 0.312 e. The fraction of sp³-hybridized carbons (Fsp3) is 0.214. The zero-order valence-electron chi connectivity index (χ0n) is 11.4. The number of rotatable bonds is 6. The first-order valence-corrected chi connectivity index (χ1v) is 7.16. The van der Waals surface area contributed by atoms with Crippen molar-refractivity contribution in [1.82, 2.24) is 10.3 Å². The van der Waals surface area contributed by atoms with Crippen molar-refractivity contribution >= 4 is 21.6 Å². The Hall–Kier alpha value is -1.99. The van der Waals surface area contributed by atoms with Crippen molar-refractivity contribution in [3.8, 4) is 11.5 Å². The van der Waals surface area contributed by atoms with E-state index in [0.29, 0.717) is 16.8 Å². The van der Waals surface area contributed by atoms with Crippen LogP contribution in [0, 0.1) is 10.1 Å². The van der Waals surface area contributed by atoms with E-state index in [4.69, 9.17) is 4.74 Å². The van der Waals surface area contributed by atoms with E-state index in [1.807, 2.05) is 6.92 Å². The molecule has 7 heteroatoms. The summed E-state index contributed by atoms with van der Waals surface area (Å²) in [6, 6.07) is 6.46. The summed E-state index contributed by atoms with van der Waals surface area (Å²) in [5.74, 6) is 0.654. The third kappa shape index (κ3) is 4.24. The first kappa shape index (κ1) is 15.4. The normalized spacial score (nSPS) is 10.4. The molecular weight excluding hydrogens is 338 g/mol. The monoisotopic (exact) mass is 351 g/mol. The molecule has 0 fully saturated rings. The molecule has 0 saturated heterocycles. The Balaban J connectivity index is 2.24. The number of ether oxygens (including phenoxy) is 1. The van der Waals surface area contributed by atoms with Gasteiger partial charge in [-0.1, -0.05) is 22.9 Å². The third-order valence-electron chi connectivity index (χ3n) is 2.69. The molecule has 0 unspecified atom stereocenters. The molecule has 1 aromatic carbocycles. The lowest BCUT2D eigenvalue weighted by Gasteiger charge is -2.08. The molecule has 0 aliphatic heterocycles. The Labute approximate surface area is 130 Å². The van der Waals surface area contributed by atoms with Gasteiger partial charge in [0.15, 0.2) is 0 Å². The predicted molar refractivity (Wildman–Crippen MR) is 82.5 cm³/mol. The first-order chi connectivity index (χ1) is 10.1. The summed E-state index contributed by atoms with van der Waals surface area (Å²) in [5, 5.41) is 14.2. The molecule has 0 radical (unpaired) electrons. The highest BCUT2D eigenvalue weighted by Crippen LogP contribution is 2.33. The summed E-state index contributed by atoms with van der Waals surface area (Å²) in [5.41, 5.74) is 0.857. The molecule has 0 atom stereocenters. The van der Waals surface area contributed by atoms with Crippen LogP contribution in [0.15, 0.2) is 41.1 Å². The molecule has 0 aliphatic rings. The van der Waals surface area contributed by atoms with Crippen LogP contribution in [-0.2, 0) is 6.54 Å². The molecule has 0 amide bonds.